The molecule has 0 fully saturated rings. The maximum absolute atomic E-state index is 12.9. The van der Waals surface area contributed by atoms with Gasteiger partial charge in [0, 0.05) is 6.42 Å². The zero-order valence-electron chi connectivity index (χ0n) is 20.0. The predicted octanol–water partition coefficient (Wildman–Crippen LogP) is -1.31. The summed E-state index contributed by atoms with van der Waals surface area (Å²) in [5.74, 6) is -6.00. The Bertz CT molecular complexity index is 755. The minimum Gasteiger partial charge on any atom is -0.481 e. The Hall–Kier alpha value is -3.22. The zero-order chi connectivity index (χ0) is 26.6. The van der Waals surface area contributed by atoms with E-state index in [1.54, 1.807) is 27.7 Å². The van der Waals surface area contributed by atoms with Gasteiger partial charge in [-0.1, -0.05) is 27.7 Å². The molecular formula is C21H37N5O8. The summed E-state index contributed by atoms with van der Waals surface area (Å²) in [4.78, 5) is 71.5. The van der Waals surface area contributed by atoms with Crippen LogP contribution in [-0.4, -0.2) is 69.9 Å². The third-order valence-electron chi connectivity index (χ3n) is 4.71. The molecule has 34 heavy (non-hydrogen) atoms. The van der Waals surface area contributed by atoms with Crippen molar-refractivity contribution in [3.05, 3.63) is 0 Å². The van der Waals surface area contributed by atoms with Crippen molar-refractivity contribution in [3.63, 3.8) is 0 Å². The molecule has 0 aliphatic carbocycles. The summed E-state index contributed by atoms with van der Waals surface area (Å²) in [7, 11) is 0. The molecule has 4 amide bonds. The molecule has 0 heterocycles. The fourth-order valence-electron chi connectivity index (χ4n) is 3.03. The Kier molecular flexibility index (Phi) is 13.4. The lowest BCUT2D eigenvalue weighted by Gasteiger charge is -2.25. The van der Waals surface area contributed by atoms with Crippen LogP contribution in [0.25, 0.3) is 0 Å². The number of carboxylic acid groups (broad SMARTS) is 2. The Morgan fingerprint density at radius 1 is 0.735 bits per heavy atom. The van der Waals surface area contributed by atoms with Crippen LogP contribution < -0.4 is 27.4 Å². The van der Waals surface area contributed by atoms with Crippen LogP contribution in [0.1, 0.15) is 59.8 Å². The van der Waals surface area contributed by atoms with Crippen LogP contribution in [0, 0.1) is 11.8 Å². The molecule has 0 saturated carbocycles. The molecule has 0 aromatic heterocycles. The van der Waals surface area contributed by atoms with Crippen LogP contribution in [0.2, 0.25) is 0 Å². The van der Waals surface area contributed by atoms with Gasteiger partial charge in [-0.2, -0.15) is 0 Å². The lowest BCUT2D eigenvalue weighted by molar-refractivity contribution is -0.144. The average Bonchev–Trinajstić information content (AvgIpc) is 2.68. The zero-order valence-corrected chi connectivity index (χ0v) is 20.0. The van der Waals surface area contributed by atoms with E-state index in [0.29, 0.717) is 0 Å². The highest BCUT2D eigenvalue weighted by Crippen LogP contribution is 2.09. The van der Waals surface area contributed by atoms with Crippen LogP contribution in [0.4, 0.5) is 0 Å². The first-order valence-electron chi connectivity index (χ1n) is 11.0. The normalized spacial score (nSPS) is 14.6. The van der Waals surface area contributed by atoms with E-state index in [1.165, 1.54) is 0 Å². The summed E-state index contributed by atoms with van der Waals surface area (Å²) < 4.78 is 0. The van der Waals surface area contributed by atoms with E-state index in [-0.39, 0.29) is 37.5 Å². The van der Waals surface area contributed by atoms with Gasteiger partial charge in [0.05, 0.1) is 12.5 Å². The largest absolute Gasteiger partial charge is 0.481 e. The van der Waals surface area contributed by atoms with Crippen molar-refractivity contribution < 1.29 is 39.0 Å². The number of rotatable bonds is 16. The number of primary amides is 1. The topological polar surface area (TPSA) is 231 Å². The molecule has 0 unspecified atom stereocenters. The van der Waals surface area contributed by atoms with E-state index < -0.39 is 66.2 Å². The first kappa shape index (κ1) is 30.8. The van der Waals surface area contributed by atoms with Crippen molar-refractivity contribution >= 4 is 35.6 Å². The number of hydrogen-bond donors (Lipinski definition) is 7. The van der Waals surface area contributed by atoms with Crippen LogP contribution >= 0.6 is 0 Å². The molecule has 4 atom stereocenters. The Morgan fingerprint density at radius 3 is 1.62 bits per heavy atom. The highest BCUT2D eigenvalue weighted by atomic mass is 16.4. The number of carboxylic acids is 2. The van der Waals surface area contributed by atoms with E-state index in [4.69, 9.17) is 16.6 Å². The monoisotopic (exact) mass is 487 g/mol. The number of nitrogens with two attached hydrogens (primary N) is 2. The molecule has 0 radical (unpaired) electrons. The van der Waals surface area contributed by atoms with Crippen molar-refractivity contribution in [2.45, 2.75) is 84.0 Å². The van der Waals surface area contributed by atoms with E-state index in [2.05, 4.69) is 16.0 Å². The number of aliphatic carboxylic acids is 2. The minimum absolute atomic E-state index is 0.0341. The summed E-state index contributed by atoms with van der Waals surface area (Å²) >= 11 is 0. The lowest BCUT2D eigenvalue weighted by atomic mass is 10.0. The molecule has 13 nitrogen and oxygen atoms in total. The van der Waals surface area contributed by atoms with Gasteiger partial charge in [-0.3, -0.25) is 24.0 Å². The van der Waals surface area contributed by atoms with Gasteiger partial charge in [0.2, 0.25) is 23.6 Å². The van der Waals surface area contributed by atoms with Gasteiger partial charge < -0.3 is 37.6 Å². The highest BCUT2D eigenvalue weighted by molar-refractivity contribution is 5.95. The number of amides is 4. The van der Waals surface area contributed by atoms with Crippen molar-refractivity contribution in [2.75, 3.05) is 0 Å². The Labute approximate surface area is 198 Å². The van der Waals surface area contributed by atoms with E-state index in [0.717, 1.165) is 0 Å². The summed E-state index contributed by atoms with van der Waals surface area (Å²) in [6, 6.07) is -5.10. The van der Waals surface area contributed by atoms with Gasteiger partial charge >= 0.3 is 11.9 Å². The maximum atomic E-state index is 12.9. The molecule has 0 aromatic carbocycles. The van der Waals surface area contributed by atoms with Crippen molar-refractivity contribution in [1.82, 2.24) is 16.0 Å². The summed E-state index contributed by atoms with van der Waals surface area (Å²) in [5, 5.41) is 25.5. The van der Waals surface area contributed by atoms with Gasteiger partial charge in [-0.15, -0.1) is 0 Å². The van der Waals surface area contributed by atoms with E-state index in [9.17, 15) is 33.9 Å². The second-order valence-electron chi connectivity index (χ2n) is 8.99. The van der Waals surface area contributed by atoms with Crippen molar-refractivity contribution in [1.29, 1.82) is 0 Å². The SMILES string of the molecule is CC(C)C[C@H](NC(=O)[C@H](CC(=O)O)NC(=O)[C@H](CC(C)C)NC(=O)[C@@H](N)CCC(N)=O)C(=O)O. The number of hydrogen-bond acceptors (Lipinski definition) is 7. The smallest absolute Gasteiger partial charge is 0.326 e. The molecule has 13 heteroatoms. The second kappa shape index (κ2) is 14.8. The van der Waals surface area contributed by atoms with Crippen LogP contribution in [0.15, 0.2) is 0 Å². The molecule has 9 N–H and O–H groups in total. The summed E-state index contributed by atoms with van der Waals surface area (Å²) in [6.45, 7) is 7.08. The fourth-order valence-corrected chi connectivity index (χ4v) is 3.03. The Morgan fingerprint density at radius 2 is 1.18 bits per heavy atom. The summed E-state index contributed by atoms with van der Waals surface area (Å²) in [5.41, 5.74) is 10.8. The molecule has 0 aliphatic heterocycles. The number of nitrogens with one attached hydrogen (secondary N) is 3. The first-order chi connectivity index (χ1) is 15.6. The van der Waals surface area contributed by atoms with Gasteiger partial charge in [0.1, 0.15) is 18.1 Å². The van der Waals surface area contributed by atoms with Gasteiger partial charge in [-0.05, 0) is 31.1 Å². The highest BCUT2D eigenvalue weighted by Gasteiger charge is 2.32. The first-order valence-corrected chi connectivity index (χ1v) is 11.0. The number of carbonyl (C=O) groups excluding carboxylic acids is 4. The van der Waals surface area contributed by atoms with Crippen LogP contribution in [0.3, 0.4) is 0 Å². The lowest BCUT2D eigenvalue weighted by Crippen LogP contribution is -2.57. The second-order valence-corrected chi connectivity index (χ2v) is 8.99. The van der Waals surface area contributed by atoms with Crippen molar-refractivity contribution in [3.8, 4) is 0 Å². The molecule has 0 aromatic rings. The molecule has 0 bridgehead atoms. The predicted molar refractivity (Wildman–Crippen MR) is 121 cm³/mol. The molecule has 0 rings (SSSR count). The minimum atomic E-state index is -1.57. The Balaban J connectivity index is 5.50. The third-order valence-corrected chi connectivity index (χ3v) is 4.71. The van der Waals surface area contributed by atoms with Crippen molar-refractivity contribution in [2.24, 2.45) is 23.3 Å². The number of carbonyl (C=O) groups is 6. The van der Waals surface area contributed by atoms with Gasteiger partial charge in [-0.25, -0.2) is 4.79 Å². The molecule has 0 aliphatic rings. The standard InChI is InChI=1S/C21H37N5O8/c1-10(2)7-13(24-18(30)12(22)5-6-16(23)27)19(31)25-14(9-17(28)29)20(32)26-15(21(33)34)8-11(3)4/h10-15H,5-9,22H2,1-4H3,(H2,23,27)(H,24,30)(H,25,31)(H,26,32)(H,28,29)(H,33,34)/t12-,13-,14-,15-/m0/s1. The molecule has 0 spiro atoms. The quantitative estimate of drug-likeness (QED) is 0.137. The average molecular weight is 488 g/mol. The fraction of sp³-hybridized carbons (Fsp3) is 0.714. The van der Waals surface area contributed by atoms with E-state index in [1.807, 2.05) is 0 Å². The van der Waals surface area contributed by atoms with Crippen LogP contribution in [-0.2, 0) is 28.8 Å². The summed E-state index contributed by atoms with van der Waals surface area (Å²) in [6.07, 6.45) is -0.714. The third kappa shape index (κ3) is 12.7. The molecule has 0 saturated heterocycles. The van der Waals surface area contributed by atoms with Crippen LogP contribution in [0.5, 0.6) is 0 Å². The van der Waals surface area contributed by atoms with Gasteiger partial charge in [0.25, 0.3) is 0 Å². The van der Waals surface area contributed by atoms with E-state index >= 15 is 0 Å². The van der Waals surface area contributed by atoms with Gasteiger partial charge in [0.15, 0.2) is 0 Å². The molecule has 194 valence electrons. The maximum Gasteiger partial charge on any atom is 0.326 e. The molecular weight excluding hydrogens is 450 g/mol.